The molecule has 1 N–H and O–H groups in total. The third kappa shape index (κ3) is 2.58. The highest BCUT2D eigenvalue weighted by Gasteiger charge is 2.05. The van der Waals surface area contributed by atoms with Crippen molar-refractivity contribution in [1.82, 2.24) is 0 Å². The van der Waals surface area contributed by atoms with Crippen LogP contribution < -0.4 is 0 Å². The Morgan fingerprint density at radius 1 is 1.57 bits per heavy atom. The van der Waals surface area contributed by atoms with E-state index in [4.69, 9.17) is 5.11 Å². The second-order valence-corrected chi connectivity index (χ2v) is 2.56. The summed E-state index contributed by atoms with van der Waals surface area (Å²) in [6.07, 6.45) is 0.884. The number of carbonyl (C=O) groups excluding carboxylic acids is 1. The molecule has 0 spiro atoms. The van der Waals surface area contributed by atoms with Gasteiger partial charge >= 0.3 is 0 Å². The minimum absolute atomic E-state index is 0.161. The van der Waals surface area contributed by atoms with E-state index in [0.29, 0.717) is 0 Å². The largest absolute Gasteiger partial charge is 0.481 e. The third-order valence-corrected chi connectivity index (χ3v) is 1.57. The first-order chi connectivity index (χ1) is 6.63. The quantitative estimate of drug-likeness (QED) is 0.457. The maximum Gasteiger partial charge on any atom is 0.280 e. The molecule has 0 heterocycles. The van der Waals surface area contributed by atoms with E-state index >= 15 is 0 Å². The van der Waals surface area contributed by atoms with Gasteiger partial charge in [0.2, 0.25) is 0 Å². The van der Waals surface area contributed by atoms with Gasteiger partial charge in [-0.15, -0.1) is 0 Å². The van der Waals surface area contributed by atoms with Gasteiger partial charge in [0.1, 0.15) is 5.82 Å². The number of aliphatic hydroxyl groups is 1. The van der Waals surface area contributed by atoms with Gasteiger partial charge in [-0.2, -0.15) is 0 Å². The van der Waals surface area contributed by atoms with Gasteiger partial charge in [0, 0.05) is 5.56 Å². The number of carbonyl (C=O) groups is 1. The SMILES string of the molecule is CO/C(O)=C/C(=O)c1cccc(F)c1. The number of hydrogen-bond acceptors (Lipinski definition) is 3. The Balaban J connectivity index is 2.90. The van der Waals surface area contributed by atoms with Gasteiger partial charge in [0.15, 0.2) is 5.78 Å². The number of allylic oxidation sites excluding steroid dienone is 1. The van der Waals surface area contributed by atoms with Crippen LogP contribution in [0.5, 0.6) is 0 Å². The van der Waals surface area contributed by atoms with Crippen LogP contribution in [0.2, 0.25) is 0 Å². The summed E-state index contributed by atoms with van der Waals surface area (Å²) >= 11 is 0. The van der Waals surface area contributed by atoms with Crippen molar-refractivity contribution in [2.45, 2.75) is 0 Å². The molecule has 0 amide bonds. The van der Waals surface area contributed by atoms with Crippen LogP contribution in [0.4, 0.5) is 4.39 Å². The van der Waals surface area contributed by atoms with Crippen molar-refractivity contribution in [2.24, 2.45) is 0 Å². The lowest BCUT2D eigenvalue weighted by Gasteiger charge is -1.97. The summed E-state index contributed by atoms with van der Waals surface area (Å²) < 4.78 is 17.1. The molecule has 0 saturated carbocycles. The van der Waals surface area contributed by atoms with Crippen LogP contribution in [0.1, 0.15) is 10.4 Å². The Bertz CT molecular complexity index is 371. The van der Waals surface area contributed by atoms with E-state index in [1.165, 1.54) is 25.3 Å². The molecule has 3 nitrogen and oxygen atoms in total. The molecule has 0 aliphatic rings. The average Bonchev–Trinajstić information content (AvgIpc) is 2.17. The lowest BCUT2D eigenvalue weighted by atomic mass is 10.1. The molecule has 0 aliphatic carbocycles. The van der Waals surface area contributed by atoms with Crippen LogP contribution in [-0.4, -0.2) is 18.0 Å². The molecule has 74 valence electrons. The van der Waals surface area contributed by atoms with Gasteiger partial charge < -0.3 is 9.84 Å². The first-order valence-corrected chi connectivity index (χ1v) is 3.88. The van der Waals surface area contributed by atoms with E-state index in [-0.39, 0.29) is 5.56 Å². The topological polar surface area (TPSA) is 46.5 Å². The highest BCUT2D eigenvalue weighted by atomic mass is 19.1. The van der Waals surface area contributed by atoms with E-state index in [1.54, 1.807) is 0 Å². The molecule has 1 aromatic rings. The summed E-state index contributed by atoms with van der Waals surface area (Å²) in [4.78, 5) is 11.3. The lowest BCUT2D eigenvalue weighted by molar-refractivity contribution is 0.100. The van der Waals surface area contributed by atoms with E-state index in [2.05, 4.69) is 4.74 Å². The van der Waals surface area contributed by atoms with Gasteiger partial charge in [0.05, 0.1) is 13.2 Å². The van der Waals surface area contributed by atoms with Crippen molar-refractivity contribution < 1.29 is 19.0 Å². The average molecular weight is 196 g/mol. The van der Waals surface area contributed by atoms with Crippen molar-refractivity contribution >= 4 is 5.78 Å². The zero-order valence-corrected chi connectivity index (χ0v) is 7.53. The number of methoxy groups -OCH3 is 1. The second-order valence-electron chi connectivity index (χ2n) is 2.56. The van der Waals surface area contributed by atoms with Crippen molar-refractivity contribution in [2.75, 3.05) is 7.11 Å². The summed E-state index contributed by atoms with van der Waals surface area (Å²) in [5.74, 6) is -1.51. The smallest absolute Gasteiger partial charge is 0.280 e. The standard InChI is InChI=1S/C10H9FO3/c1-14-10(13)6-9(12)7-3-2-4-8(11)5-7/h2-6,13H,1H3/b10-6+. The zero-order valence-electron chi connectivity index (χ0n) is 7.53. The van der Waals surface area contributed by atoms with Crippen LogP contribution in [-0.2, 0) is 4.74 Å². The van der Waals surface area contributed by atoms with Crippen LogP contribution in [0.25, 0.3) is 0 Å². The Morgan fingerprint density at radius 2 is 2.29 bits per heavy atom. The predicted molar refractivity (Wildman–Crippen MR) is 48.5 cm³/mol. The summed E-state index contributed by atoms with van der Waals surface area (Å²) in [5, 5.41) is 8.88. The Labute approximate surface area is 80.4 Å². The van der Waals surface area contributed by atoms with Crippen molar-refractivity contribution in [3.05, 3.63) is 47.7 Å². The number of halogens is 1. The minimum Gasteiger partial charge on any atom is -0.481 e. The second kappa shape index (κ2) is 4.41. The predicted octanol–water partition coefficient (Wildman–Crippen LogP) is 2.05. The van der Waals surface area contributed by atoms with Gasteiger partial charge in [-0.1, -0.05) is 12.1 Å². The first-order valence-electron chi connectivity index (χ1n) is 3.88. The summed E-state index contributed by atoms with van der Waals surface area (Å²) in [6, 6.07) is 5.18. The van der Waals surface area contributed by atoms with Crippen molar-refractivity contribution in [1.29, 1.82) is 0 Å². The van der Waals surface area contributed by atoms with Crippen LogP contribution in [0.3, 0.4) is 0 Å². The Kier molecular flexibility index (Phi) is 3.23. The highest BCUT2D eigenvalue weighted by Crippen LogP contribution is 2.06. The fourth-order valence-electron chi connectivity index (χ4n) is 0.896. The fourth-order valence-corrected chi connectivity index (χ4v) is 0.896. The maximum absolute atomic E-state index is 12.7. The zero-order chi connectivity index (χ0) is 10.6. The number of ketones is 1. The summed E-state index contributed by atoms with van der Waals surface area (Å²) in [5.41, 5.74) is 0.161. The maximum atomic E-state index is 12.7. The van der Waals surface area contributed by atoms with Gasteiger partial charge in [-0.05, 0) is 12.1 Å². The monoisotopic (exact) mass is 196 g/mol. The van der Waals surface area contributed by atoms with E-state index in [1.807, 2.05) is 0 Å². The molecule has 4 heteroatoms. The molecule has 0 bridgehead atoms. The number of hydrogen-bond donors (Lipinski definition) is 1. The molecule has 0 fully saturated rings. The molecule has 0 aliphatic heterocycles. The summed E-state index contributed by atoms with van der Waals surface area (Å²) in [6.45, 7) is 0. The van der Waals surface area contributed by atoms with Crippen LogP contribution >= 0.6 is 0 Å². The van der Waals surface area contributed by atoms with Crippen molar-refractivity contribution in [3.63, 3.8) is 0 Å². The molecule has 0 radical (unpaired) electrons. The minimum atomic E-state index is -0.510. The molecule has 0 aromatic heterocycles. The number of ether oxygens (including phenoxy) is 1. The first kappa shape index (κ1) is 10.2. The van der Waals surface area contributed by atoms with Crippen LogP contribution in [0, 0.1) is 5.82 Å². The molecule has 1 aromatic carbocycles. The Hall–Kier alpha value is -1.84. The number of rotatable bonds is 3. The van der Waals surface area contributed by atoms with E-state index in [0.717, 1.165) is 12.1 Å². The summed E-state index contributed by atoms with van der Waals surface area (Å²) in [7, 11) is 1.23. The highest BCUT2D eigenvalue weighted by molar-refractivity contribution is 6.04. The van der Waals surface area contributed by atoms with Gasteiger partial charge in [0.25, 0.3) is 5.95 Å². The van der Waals surface area contributed by atoms with Gasteiger partial charge in [-0.25, -0.2) is 4.39 Å². The molecule has 1 rings (SSSR count). The molecular weight excluding hydrogens is 187 g/mol. The molecular formula is C10H9FO3. The normalized spacial score (nSPS) is 11.1. The molecule has 0 atom stereocenters. The molecule has 0 saturated heterocycles. The van der Waals surface area contributed by atoms with Crippen molar-refractivity contribution in [3.8, 4) is 0 Å². The number of aliphatic hydroxyl groups excluding tert-OH is 1. The third-order valence-electron chi connectivity index (χ3n) is 1.57. The fraction of sp³-hybridized carbons (Fsp3) is 0.100. The number of benzene rings is 1. The molecule has 14 heavy (non-hydrogen) atoms. The van der Waals surface area contributed by atoms with E-state index < -0.39 is 17.5 Å². The van der Waals surface area contributed by atoms with Crippen LogP contribution in [0.15, 0.2) is 36.3 Å². The molecule has 0 unspecified atom stereocenters. The lowest BCUT2D eigenvalue weighted by Crippen LogP contribution is -1.98. The van der Waals surface area contributed by atoms with Gasteiger partial charge in [-0.3, -0.25) is 4.79 Å². The van der Waals surface area contributed by atoms with E-state index in [9.17, 15) is 9.18 Å². The Morgan fingerprint density at radius 3 is 2.86 bits per heavy atom.